The van der Waals surface area contributed by atoms with Crippen LogP contribution in [-0.2, 0) is 27.1 Å². The lowest BCUT2D eigenvalue weighted by Gasteiger charge is -2.17. The number of alkyl halides is 3. The molecule has 0 saturated heterocycles. The second-order valence-corrected chi connectivity index (χ2v) is 6.73. The van der Waals surface area contributed by atoms with Crippen molar-refractivity contribution in [2.75, 3.05) is 4.90 Å². The fourth-order valence-electron chi connectivity index (χ4n) is 3.02. The average molecular weight is 388 g/mol. The molecular formula is C20H15F3N2O3. The molecular weight excluding hydrogens is 373 g/mol. The fraction of sp³-hybridized carbons (Fsp3) is 0.250. The molecule has 2 aliphatic rings. The summed E-state index contributed by atoms with van der Waals surface area (Å²) >= 11 is 0. The molecule has 1 amide bonds. The van der Waals surface area contributed by atoms with Gasteiger partial charge in [-0.25, -0.2) is 4.79 Å². The number of carbonyl (C=O) groups excluding carboxylic acids is 2. The van der Waals surface area contributed by atoms with Crippen LogP contribution < -0.4 is 4.90 Å². The lowest BCUT2D eigenvalue weighted by molar-refractivity contribution is -0.145. The number of oxime groups is 1. The lowest BCUT2D eigenvalue weighted by atomic mass is 10.1. The van der Waals surface area contributed by atoms with Crippen LogP contribution in [-0.4, -0.2) is 17.6 Å². The summed E-state index contributed by atoms with van der Waals surface area (Å²) in [6.45, 7) is -0.0602. The van der Waals surface area contributed by atoms with Gasteiger partial charge in [-0.2, -0.15) is 13.2 Å². The van der Waals surface area contributed by atoms with Crippen LogP contribution in [0.4, 0.5) is 18.9 Å². The van der Waals surface area contributed by atoms with E-state index >= 15 is 0 Å². The molecule has 2 aromatic carbocycles. The van der Waals surface area contributed by atoms with Crippen molar-refractivity contribution in [3.05, 3.63) is 65.2 Å². The molecule has 0 bridgehead atoms. The van der Waals surface area contributed by atoms with Crippen LogP contribution in [0.2, 0.25) is 0 Å². The van der Waals surface area contributed by atoms with Gasteiger partial charge in [-0.15, -0.1) is 0 Å². The van der Waals surface area contributed by atoms with Crippen LogP contribution in [0.1, 0.15) is 29.5 Å². The SMILES string of the molecule is O=C(ON=C1C(=O)N(Cc2cccc(C(F)(F)F)c2)c2ccccc21)C1CC1. The van der Waals surface area contributed by atoms with Gasteiger partial charge in [0.05, 0.1) is 23.7 Å². The number of para-hydroxylation sites is 1. The van der Waals surface area contributed by atoms with Crippen LogP contribution in [0.3, 0.4) is 0 Å². The predicted molar refractivity (Wildman–Crippen MR) is 94.4 cm³/mol. The number of nitrogens with zero attached hydrogens (tertiary/aromatic N) is 2. The van der Waals surface area contributed by atoms with Gasteiger partial charge in [-0.3, -0.25) is 4.79 Å². The maximum Gasteiger partial charge on any atom is 0.416 e. The molecule has 0 atom stereocenters. The summed E-state index contributed by atoms with van der Waals surface area (Å²) < 4.78 is 38.9. The molecule has 0 spiro atoms. The van der Waals surface area contributed by atoms with Gasteiger partial charge >= 0.3 is 12.1 Å². The van der Waals surface area contributed by atoms with Crippen molar-refractivity contribution in [1.82, 2.24) is 0 Å². The van der Waals surface area contributed by atoms with E-state index in [1.807, 2.05) is 0 Å². The smallest absolute Gasteiger partial charge is 0.317 e. The minimum absolute atomic E-state index is 0.0309. The van der Waals surface area contributed by atoms with Gasteiger partial charge in [-0.1, -0.05) is 35.5 Å². The van der Waals surface area contributed by atoms with Crippen LogP contribution in [0, 0.1) is 5.92 Å². The molecule has 8 heteroatoms. The molecule has 0 unspecified atom stereocenters. The molecule has 144 valence electrons. The number of hydrogen-bond acceptors (Lipinski definition) is 4. The van der Waals surface area contributed by atoms with Crippen LogP contribution >= 0.6 is 0 Å². The van der Waals surface area contributed by atoms with Gasteiger partial charge in [0.25, 0.3) is 5.91 Å². The average Bonchev–Trinajstić information content (AvgIpc) is 3.48. The number of anilines is 1. The fourth-order valence-corrected chi connectivity index (χ4v) is 3.02. The highest BCUT2D eigenvalue weighted by Gasteiger charge is 2.37. The van der Waals surface area contributed by atoms with E-state index in [1.54, 1.807) is 24.3 Å². The molecule has 1 aliphatic heterocycles. The summed E-state index contributed by atoms with van der Waals surface area (Å²) in [4.78, 5) is 30.8. The van der Waals surface area contributed by atoms with Crippen LogP contribution in [0.5, 0.6) is 0 Å². The van der Waals surface area contributed by atoms with Gasteiger partial charge in [0.15, 0.2) is 5.71 Å². The summed E-state index contributed by atoms with van der Waals surface area (Å²) in [6, 6.07) is 11.6. The zero-order valence-corrected chi connectivity index (χ0v) is 14.6. The van der Waals surface area contributed by atoms with Crippen molar-refractivity contribution in [3.8, 4) is 0 Å². The monoisotopic (exact) mass is 388 g/mol. The van der Waals surface area contributed by atoms with Gasteiger partial charge in [0, 0.05) is 5.56 Å². The Kier molecular flexibility index (Phi) is 4.41. The molecule has 1 aliphatic carbocycles. The van der Waals surface area contributed by atoms with E-state index in [1.165, 1.54) is 17.0 Å². The first kappa shape index (κ1) is 18.2. The number of fused-ring (bicyclic) bond motifs is 1. The Labute approximate surface area is 158 Å². The molecule has 0 N–H and O–H groups in total. The standard InChI is InChI=1S/C20H15F3N2O3/c21-20(22,23)14-5-3-4-12(10-14)11-25-16-7-2-1-6-15(16)17(18(25)26)24-28-19(27)13-8-9-13/h1-7,10,13H,8-9,11H2. The Morgan fingerprint density at radius 2 is 1.89 bits per heavy atom. The Bertz CT molecular complexity index is 981. The second-order valence-electron chi connectivity index (χ2n) is 6.73. The van der Waals surface area contributed by atoms with Gasteiger partial charge < -0.3 is 9.74 Å². The van der Waals surface area contributed by atoms with Gasteiger partial charge in [0.1, 0.15) is 0 Å². The maximum atomic E-state index is 13.0. The van der Waals surface area contributed by atoms with Crippen molar-refractivity contribution in [3.63, 3.8) is 0 Å². The van der Waals surface area contributed by atoms with Crippen molar-refractivity contribution in [2.24, 2.45) is 11.1 Å². The summed E-state index contributed by atoms with van der Waals surface area (Å²) in [7, 11) is 0. The molecule has 0 radical (unpaired) electrons. The van der Waals surface area contributed by atoms with E-state index < -0.39 is 23.6 Å². The van der Waals surface area contributed by atoms with E-state index in [9.17, 15) is 22.8 Å². The number of rotatable bonds is 4. The zero-order chi connectivity index (χ0) is 19.9. The molecule has 1 fully saturated rings. The summed E-state index contributed by atoms with van der Waals surface area (Å²) in [5.74, 6) is -1.17. The number of carbonyl (C=O) groups is 2. The minimum atomic E-state index is -4.47. The quantitative estimate of drug-likeness (QED) is 0.590. The number of halogens is 3. The predicted octanol–water partition coefficient (Wildman–Crippen LogP) is 3.91. The van der Waals surface area contributed by atoms with E-state index in [0.717, 1.165) is 25.0 Å². The van der Waals surface area contributed by atoms with Crippen molar-refractivity contribution in [2.45, 2.75) is 25.6 Å². The number of hydrogen-bond donors (Lipinski definition) is 0. The topological polar surface area (TPSA) is 59.0 Å². The third-order valence-corrected chi connectivity index (χ3v) is 4.63. The van der Waals surface area contributed by atoms with Crippen molar-refractivity contribution < 1.29 is 27.6 Å². The highest BCUT2D eigenvalue weighted by atomic mass is 19.4. The molecule has 1 saturated carbocycles. The normalized spacial score (nSPS) is 17.8. The van der Waals surface area contributed by atoms with Crippen molar-refractivity contribution >= 4 is 23.3 Å². The number of benzene rings is 2. The van der Waals surface area contributed by atoms with Gasteiger partial charge in [0.2, 0.25) is 0 Å². The highest BCUT2D eigenvalue weighted by molar-refractivity contribution is 6.54. The zero-order valence-electron chi connectivity index (χ0n) is 14.6. The summed E-state index contributed by atoms with van der Waals surface area (Å²) in [5.41, 5.74) is 0.497. The van der Waals surface area contributed by atoms with E-state index in [4.69, 9.17) is 4.84 Å². The Morgan fingerprint density at radius 1 is 1.14 bits per heavy atom. The minimum Gasteiger partial charge on any atom is -0.317 e. The highest BCUT2D eigenvalue weighted by Crippen LogP contribution is 2.34. The Hall–Kier alpha value is -3.16. The molecule has 0 aromatic heterocycles. The van der Waals surface area contributed by atoms with E-state index in [0.29, 0.717) is 16.8 Å². The second kappa shape index (κ2) is 6.78. The Morgan fingerprint density at radius 3 is 2.61 bits per heavy atom. The summed E-state index contributed by atoms with van der Waals surface area (Å²) in [5, 5.41) is 3.75. The molecule has 5 nitrogen and oxygen atoms in total. The molecule has 2 aromatic rings. The first-order valence-electron chi connectivity index (χ1n) is 8.71. The molecule has 28 heavy (non-hydrogen) atoms. The Balaban J connectivity index is 1.62. The molecule has 4 rings (SSSR count). The molecule has 1 heterocycles. The first-order chi connectivity index (χ1) is 13.3. The number of amides is 1. The van der Waals surface area contributed by atoms with E-state index in [-0.39, 0.29) is 18.2 Å². The van der Waals surface area contributed by atoms with Crippen LogP contribution in [0.25, 0.3) is 0 Å². The third kappa shape index (κ3) is 3.49. The van der Waals surface area contributed by atoms with Crippen molar-refractivity contribution in [1.29, 1.82) is 0 Å². The largest absolute Gasteiger partial charge is 0.416 e. The first-order valence-corrected chi connectivity index (χ1v) is 8.71. The van der Waals surface area contributed by atoms with Gasteiger partial charge in [-0.05, 0) is 36.6 Å². The van der Waals surface area contributed by atoms with E-state index in [2.05, 4.69) is 5.16 Å². The summed E-state index contributed by atoms with van der Waals surface area (Å²) in [6.07, 6.45) is -2.97. The van der Waals surface area contributed by atoms with Crippen LogP contribution in [0.15, 0.2) is 53.7 Å². The lowest BCUT2D eigenvalue weighted by Crippen LogP contribution is -2.30. The third-order valence-electron chi connectivity index (χ3n) is 4.63. The maximum absolute atomic E-state index is 13.0.